The summed E-state index contributed by atoms with van der Waals surface area (Å²) in [5.74, 6) is 0.795. The molecule has 1 aromatic heterocycles. The fraction of sp³-hybridized carbons (Fsp3) is 0.636. The Hall–Kier alpha value is -0.760. The highest BCUT2D eigenvalue weighted by Crippen LogP contribution is 2.25. The molecule has 1 aromatic rings. The molecule has 0 saturated carbocycles. The predicted molar refractivity (Wildman–Crippen MR) is 54.4 cm³/mol. The quantitative estimate of drug-likeness (QED) is 0.752. The number of hydrogen-bond acceptors (Lipinski definition) is 1. The lowest BCUT2D eigenvalue weighted by Gasteiger charge is -2.43. The van der Waals surface area contributed by atoms with E-state index in [9.17, 15) is 0 Å². The lowest BCUT2D eigenvalue weighted by atomic mass is 9.92. The average Bonchev–Trinajstić information content (AvgIpc) is 2.48. The molecule has 1 saturated heterocycles. The Morgan fingerprint density at radius 2 is 2.46 bits per heavy atom. The summed E-state index contributed by atoms with van der Waals surface area (Å²) in [6, 6.07) is 5.04. The standard InChI is InChI=1S/C11H18N2/c1-9(2)11-5-7-13(11)8-10-4-3-6-12-10/h3-4,6,9,11-12H,5,7-8H2,1-2H3. The fourth-order valence-corrected chi connectivity index (χ4v) is 2.10. The number of aromatic amines is 1. The van der Waals surface area contributed by atoms with Crippen molar-refractivity contribution in [2.75, 3.05) is 6.54 Å². The van der Waals surface area contributed by atoms with E-state index in [2.05, 4.69) is 35.9 Å². The minimum absolute atomic E-state index is 0.795. The van der Waals surface area contributed by atoms with Crippen molar-refractivity contribution in [1.29, 1.82) is 0 Å². The van der Waals surface area contributed by atoms with Gasteiger partial charge in [0.15, 0.2) is 0 Å². The van der Waals surface area contributed by atoms with Crippen molar-refractivity contribution in [2.24, 2.45) is 5.92 Å². The van der Waals surface area contributed by atoms with Crippen molar-refractivity contribution in [3.05, 3.63) is 24.0 Å². The first-order valence-corrected chi connectivity index (χ1v) is 5.13. The number of nitrogens with one attached hydrogen (secondary N) is 1. The van der Waals surface area contributed by atoms with Crippen LogP contribution < -0.4 is 0 Å². The van der Waals surface area contributed by atoms with Crippen LogP contribution in [0.25, 0.3) is 0 Å². The van der Waals surface area contributed by atoms with Crippen LogP contribution in [0.4, 0.5) is 0 Å². The number of rotatable bonds is 3. The maximum atomic E-state index is 3.25. The maximum Gasteiger partial charge on any atom is 0.0388 e. The van der Waals surface area contributed by atoms with Crippen molar-refractivity contribution in [3.8, 4) is 0 Å². The van der Waals surface area contributed by atoms with Gasteiger partial charge in [-0.2, -0.15) is 0 Å². The maximum absolute atomic E-state index is 3.25. The van der Waals surface area contributed by atoms with Crippen molar-refractivity contribution < 1.29 is 0 Å². The summed E-state index contributed by atoms with van der Waals surface area (Å²) >= 11 is 0. The summed E-state index contributed by atoms with van der Waals surface area (Å²) in [4.78, 5) is 5.81. The van der Waals surface area contributed by atoms with E-state index >= 15 is 0 Å². The summed E-state index contributed by atoms with van der Waals surface area (Å²) in [5, 5.41) is 0. The van der Waals surface area contributed by atoms with Crippen molar-refractivity contribution in [1.82, 2.24) is 9.88 Å². The Morgan fingerprint density at radius 1 is 1.62 bits per heavy atom. The molecule has 1 aliphatic heterocycles. The number of H-pyrrole nitrogens is 1. The van der Waals surface area contributed by atoms with E-state index < -0.39 is 0 Å². The molecular formula is C11H18N2. The van der Waals surface area contributed by atoms with Gasteiger partial charge in [0, 0.05) is 31.0 Å². The molecule has 72 valence electrons. The van der Waals surface area contributed by atoms with Crippen LogP contribution in [0.1, 0.15) is 26.0 Å². The van der Waals surface area contributed by atoms with Crippen LogP contribution in [-0.4, -0.2) is 22.5 Å². The van der Waals surface area contributed by atoms with Crippen LogP contribution in [0.3, 0.4) is 0 Å². The molecule has 1 aliphatic rings. The van der Waals surface area contributed by atoms with Gasteiger partial charge >= 0.3 is 0 Å². The van der Waals surface area contributed by atoms with Gasteiger partial charge in [-0.3, -0.25) is 4.90 Å². The Bertz CT molecular complexity index is 251. The van der Waals surface area contributed by atoms with Gasteiger partial charge in [-0.15, -0.1) is 0 Å². The second kappa shape index (κ2) is 3.54. The average molecular weight is 178 g/mol. The van der Waals surface area contributed by atoms with E-state index in [0.717, 1.165) is 18.5 Å². The van der Waals surface area contributed by atoms with Crippen LogP contribution in [0.2, 0.25) is 0 Å². The van der Waals surface area contributed by atoms with Crippen LogP contribution in [0, 0.1) is 5.92 Å². The Labute approximate surface area is 79.9 Å². The van der Waals surface area contributed by atoms with Gasteiger partial charge in [-0.1, -0.05) is 13.8 Å². The van der Waals surface area contributed by atoms with Gasteiger partial charge in [0.25, 0.3) is 0 Å². The van der Waals surface area contributed by atoms with Crippen LogP contribution in [0.15, 0.2) is 18.3 Å². The van der Waals surface area contributed by atoms with Gasteiger partial charge in [-0.05, 0) is 24.5 Å². The molecule has 2 heteroatoms. The van der Waals surface area contributed by atoms with Gasteiger partial charge < -0.3 is 4.98 Å². The number of aromatic nitrogens is 1. The molecular weight excluding hydrogens is 160 g/mol. The summed E-state index contributed by atoms with van der Waals surface area (Å²) in [7, 11) is 0. The first-order chi connectivity index (χ1) is 6.27. The molecule has 1 atom stereocenters. The molecule has 1 unspecified atom stereocenters. The highest BCUT2D eigenvalue weighted by molar-refractivity contribution is 5.04. The second-order valence-corrected chi connectivity index (χ2v) is 4.27. The fourth-order valence-electron chi connectivity index (χ4n) is 2.10. The minimum Gasteiger partial charge on any atom is -0.364 e. The van der Waals surface area contributed by atoms with Crippen LogP contribution in [0.5, 0.6) is 0 Å². The molecule has 0 aliphatic carbocycles. The van der Waals surface area contributed by atoms with Crippen molar-refractivity contribution >= 4 is 0 Å². The SMILES string of the molecule is CC(C)C1CCN1Cc1ccc[nH]1. The molecule has 2 heterocycles. The topological polar surface area (TPSA) is 19.0 Å². The third kappa shape index (κ3) is 1.78. The molecule has 0 spiro atoms. The van der Waals surface area contributed by atoms with Gasteiger partial charge in [0.2, 0.25) is 0 Å². The lowest BCUT2D eigenvalue weighted by Crippen LogP contribution is -2.49. The molecule has 2 nitrogen and oxygen atoms in total. The van der Waals surface area contributed by atoms with E-state index in [-0.39, 0.29) is 0 Å². The van der Waals surface area contributed by atoms with Crippen LogP contribution >= 0.6 is 0 Å². The first-order valence-electron chi connectivity index (χ1n) is 5.13. The third-order valence-corrected chi connectivity index (χ3v) is 2.99. The molecule has 0 radical (unpaired) electrons. The van der Waals surface area contributed by atoms with E-state index in [1.807, 2.05) is 6.20 Å². The zero-order chi connectivity index (χ0) is 9.26. The summed E-state index contributed by atoms with van der Waals surface area (Å²) in [5.41, 5.74) is 1.34. The van der Waals surface area contributed by atoms with E-state index in [0.29, 0.717) is 0 Å². The van der Waals surface area contributed by atoms with Crippen molar-refractivity contribution in [2.45, 2.75) is 32.9 Å². The smallest absolute Gasteiger partial charge is 0.0388 e. The largest absolute Gasteiger partial charge is 0.364 e. The molecule has 0 bridgehead atoms. The van der Waals surface area contributed by atoms with E-state index in [1.54, 1.807) is 0 Å². The highest BCUT2D eigenvalue weighted by Gasteiger charge is 2.29. The second-order valence-electron chi connectivity index (χ2n) is 4.27. The van der Waals surface area contributed by atoms with Crippen molar-refractivity contribution in [3.63, 3.8) is 0 Å². The Morgan fingerprint density at radius 3 is 2.92 bits per heavy atom. The molecule has 0 amide bonds. The zero-order valence-electron chi connectivity index (χ0n) is 8.46. The number of likely N-dealkylation sites (tertiary alicyclic amines) is 1. The lowest BCUT2D eigenvalue weighted by molar-refractivity contribution is 0.0472. The Balaban J connectivity index is 1.89. The minimum atomic E-state index is 0.795. The number of nitrogens with zero attached hydrogens (tertiary/aromatic N) is 1. The van der Waals surface area contributed by atoms with E-state index in [1.165, 1.54) is 18.7 Å². The summed E-state index contributed by atoms with van der Waals surface area (Å²) in [6.45, 7) is 6.98. The molecule has 13 heavy (non-hydrogen) atoms. The molecule has 1 fully saturated rings. The van der Waals surface area contributed by atoms with Gasteiger partial charge in [0.1, 0.15) is 0 Å². The third-order valence-electron chi connectivity index (χ3n) is 2.99. The molecule has 2 rings (SSSR count). The van der Waals surface area contributed by atoms with Gasteiger partial charge in [0.05, 0.1) is 0 Å². The van der Waals surface area contributed by atoms with Gasteiger partial charge in [-0.25, -0.2) is 0 Å². The number of hydrogen-bond donors (Lipinski definition) is 1. The first kappa shape index (κ1) is 8.82. The molecule has 0 aromatic carbocycles. The zero-order valence-corrected chi connectivity index (χ0v) is 8.46. The van der Waals surface area contributed by atoms with E-state index in [4.69, 9.17) is 0 Å². The molecule has 1 N–H and O–H groups in total. The normalized spacial score (nSPS) is 23.5. The highest BCUT2D eigenvalue weighted by atomic mass is 15.2. The van der Waals surface area contributed by atoms with Crippen LogP contribution in [-0.2, 0) is 6.54 Å². The summed E-state index contributed by atoms with van der Waals surface area (Å²) in [6.07, 6.45) is 3.37. The summed E-state index contributed by atoms with van der Waals surface area (Å²) < 4.78 is 0. The predicted octanol–water partition coefficient (Wildman–Crippen LogP) is 2.25. The monoisotopic (exact) mass is 178 g/mol. The Kier molecular flexibility index (Phi) is 2.40.